The molecule has 2 aromatic heterocycles. The first-order chi connectivity index (χ1) is 13.9. The summed E-state index contributed by atoms with van der Waals surface area (Å²) >= 11 is 0. The predicted molar refractivity (Wildman–Crippen MR) is 110 cm³/mol. The largest absolute Gasteiger partial charge is 0.469 e. The SMILES string of the molecule is COC(=O)Cc1c(C)ccn(NCc2cc(C(=O)c3ccccc3)cn2C)c1=O. The van der Waals surface area contributed by atoms with E-state index >= 15 is 0 Å². The number of carbonyl (C=O) groups is 2. The lowest BCUT2D eigenvalue weighted by Gasteiger charge is -2.13. The Kier molecular flexibility index (Phi) is 5.97. The zero-order valence-corrected chi connectivity index (χ0v) is 16.6. The minimum Gasteiger partial charge on any atom is -0.469 e. The highest BCUT2D eigenvalue weighted by molar-refractivity contribution is 6.09. The molecule has 2 heterocycles. The van der Waals surface area contributed by atoms with Gasteiger partial charge in [0, 0.05) is 41.8 Å². The van der Waals surface area contributed by atoms with Crippen molar-refractivity contribution in [3.63, 3.8) is 0 Å². The summed E-state index contributed by atoms with van der Waals surface area (Å²) < 4.78 is 7.86. The highest BCUT2D eigenvalue weighted by Gasteiger charge is 2.14. The molecule has 0 aliphatic carbocycles. The number of pyridine rings is 1. The van der Waals surface area contributed by atoms with Crippen LogP contribution in [0.5, 0.6) is 0 Å². The van der Waals surface area contributed by atoms with Gasteiger partial charge in [0.05, 0.1) is 20.1 Å². The molecule has 3 aromatic rings. The van der Waals surface area contributed by atoms with Crippen molar-refractivity contribution in [1.29, 1.82) is 0 Å². The van der Waals surface area contributed by atoms with E-state index < -0.39 is 5.97 Å². The van der Waals surface area contributed by atoms with Gasteiger partial charge in [0.2, 0.25) is 0 Å². The van der Waals surface area contributed by atoms with Gasteiger partial charge in [0.25, 0.3) is 5.56 Å². The molecule has 1 N–H and O–H groups in total. The Hall–Kier alpha value is -3.61. The first kappa shape index (κ1) is 20.1. The van der Waals surface area contributed by atoms with Crippen LogP contribution in [0.25, 0.3) is 0 Å². The third-order valence-corrected chi connectivity index (χ3v) is 4.81. The fourth-order valence-electron chi connectivity index (χ4n) is 3.06. The number of methoxy groups -OCH3 is 1. The molecule has 0 atom stereocenters. The van der Waals surface area contributed by atoms with Gasteiger partial charge in [-0.15, -0.1) is 0 Å². The number of nitrogens with one attached hydrogen (secondary N) is 1. The number of benzene rings is 1. The van der Waals surface area contributed by atoms with Crippen molar-refractivity contribution in [3.05, 3.63) is 93.2 Å². The minimum absolute atomic E-state index is 0.0553. The smallest absolute Gasteiger partial charge is 0.310 e. The Morgan fingerprint density at radius 2 is 1.83 bits per heavy atom. The lowest BCUT2D eigenvalue weighted by Crippen LogP contribution is -2.32. The number of hydrogen-bond acceptors (Lipinski definition) is 5. The molecule has 0 fully saturated rings. The number of esters is 1. The van der Waals surface area contributed by atoms with Crippen LogP contribution in [-0.2, 0) is 29.5 Å². The molecule has 0 amide bonds. The van der Waals surface area contributed by atoms with Gasteiger partial charge >= 0.3 is 5.97 Å². The summed E-state index contributed by atoms with van der Waals surface area (Å²) in [7, 11) is 3.14. The number of nitrogens with zero attached hydrogens (tertiary/aromatic N) is 2. The highest BCUT2D eigenvalue weighted by atomic mass is 16.5. The van der Waals surface area contributed by atoms with Crippen molar-refractivity contribution in [3.8, 4) is 0 Å². The van der Waals surface area contributed by atoms with Crippen molar-refractivity contribution < 1.29 is 14.3 Å². The van der Waals surface area contributed by atoms with E-state index in [-0.39, 0.29) is 17.8 Å². The molecule has 0 unspecified atom stereocenters. The van der Waals surface area contributed by atoms with Crippen molar-refractivity contribution in [1.82, 2.24) is 9.24 Å². The van der Waals surface area contributed by atoms with Crippen molar-refractivity contribution in [2.75, 3.05) is 12.5 Å². The standard InChI is InChI=1S/C22H23N3O4/c1-15-9-10-25(22(28)19(15)12-20(26)29-3)23-13-18-11-17(14-24(18)2)21(27)16-7-5-4-6-8-16/h4-11,14,23H,12-13H2,1-3H3. The Balaban J connectivity index is 1.78. The molecule has 0 aliphatic rings. The molecule has 0 bridgehead atoms. The lowest BCUT2D eigenvalue weighted by atomic mass is 10.1. The average Bonchev–Trinajstić information content (AvgIpc) is 3.11. The third kappa shape index (κ3) is 4.45. The fourth-order valence-corrected chi connectivity index (χ4v) is 3.06. The van der Waals surface area contributed by atoms with Crippen molar-refractivity contribution in [2.24, 2.45) is 7.05 Å². The molecular formula is C22H23N3O4. The third-order valence-electron chi connectivity index (χ3n) is 4.81. The van der Waals surface area contributed by atoms with E-state index in [1.165, 1.54) is 11.8 Å². The molecule has 0 saturated heterocycles. The van der Waals surface area contributed by atoms with Gasteiger partial charge in [-0.3, -0.25) is 14.4 Å². The van der Waals surface area contributed by atoms with Crippen LogP contribution in [-0.4, -0.2) is 28.1 Å². The van der Waals surface area contributed by atoms with Gasteiger partial charge in [-0.05, 0) is 24.6 Å². The second kappa shape index (κ2) is 8.60. The molecular weight excluding hydrogens is 370 g/mol. The maximum absolute atomic E-state index is 12.7. The van der Waals surface area contributed by atoms with E-state index in [1.54, 1.807) is 43.6 Å². The van der Waals surface area contributed by atoms with Crippen LogP contribution < -0.4 is 11.0 Å². The summed E-state index contributed by atoms with van der Waals surface area (Å²) in [5.74, 6) is -0.519. The van der Waals surface area contributed by atoms with Crippen LogP contribution in [0.3, 0.4) is 0 Å². The van der Waals surface area contributed by atoms with Gasteiger partial charge in [0.15, 0.2) is 5.78 Å². The number of rotatable bonds is 7. The number of aromatic nitrogens is 2. The molecule has 0 radical (unpaired) electrons. The summed E-state index contributed by atoms with van der Waals surface area (Å²) in [6.45, 7) is 2.11. The van der Waals surface area contributed by atoms with Crippen molar-refractivity contribution >= 4 is 11.8 Å². The zero-order valence-electron chi connectivity index (χ0n) is 16.6. The lowest BCUT2D eigenvalue weighted by molar-refractivity contribution is -0.139. The Labute approximate surface area is 168 Å². The quantitative estimate of drug-likeness (QED) is 0.492. The Bertz CT molecular complexity index is 1100. The van der Waals surface area contributed by atoms with E-state index in [4.69, 9.17) is 0 Å². The maximum Gasteiger partial charge on any atom is 0.310 e. The second-order valence-corrected chi connectivity index (χ2v) is 6.77. The first-order valence-electron chi connectivity index (χ1n) is 9.17. The fraction of sp³-hybridized carbons (Fsp3) is 0.227. The Morgan fingerprint density at radius 1 is 1.10 bits per heavy atom. The summed E-state index contributed by atoms with van der Waals surface area (Å²) in [5.41, 5.74) is 5.90. The summed E-state index contributed by atoms with van der Waals surface area (Å²) in [5, 5.41) is 0. The molecule has 150 valence electrons. The molecule has 3 rings (SSSR count). The second-order valence-electron chi connectivity index (χ2n) is 6.77. The molecule has 0 saturated carbocycles. The number of ether oxygens (including phenoxy) is 1. The van der Waals surface area contributed by atoms with Gasteiger partial charge in [-0.25, -0.2) is 4.68 Å². The molecule has 1 aromatic carbocycles. The van der Waals surface area contributed by atoms with Crippen LogP contribution in [0.15, 0.2) is 59.7 Å². The topological polar surface area (TPSA) is 82.3 Å². The maximum atomic E-state index is 12.7. The van der Waals surface area contributed by atoms with Crippen LogP contribution in [0.4, 0.5) is 0 Å². The van der Waals surface area contributed by atoms with Gasteiger partial charge < -0.3 is 14.7 Å². The highest BCUT2D eigenvalue weighted by Crippen LogP contribution is 2.13. The molecule has 0 spiro atoms. The molecule has 7 heteroatoms. The minimum atomic E-state index is -0.463. The summed E-state index contributed by atoms with van der Waals surface area (Å²) in [6.07, 6.45) is 3.31. The van der Waals surface area contributed by atoms with Crippen molar-refractivity contribution in [2.45, 2.75) is 19.9 Å². The summed E-state index contributed by atoms with van der Waals surface area (Å²) in [4.78, 5) is 36.9. The molecule has 7 nitrogen and oxygen atoms in total. The van der Waals surface area contributed by atoms with E-state index in [0.29, 0.717) is 23.2 Å². The normalized spacial score (nSPS) is 10.6. The van der Waals surface area contributed by atoms with Crippen LogP contribution in [0.2, 0.25) is 0 Å². The molecule has 29 heavy (non-hydrogen) atoms. The number of carbonyl (C=O) groups excluding carboxylic acids is 2. The number of ketones is 1. The van der Waals surface area contributed by atoms with Gasteiger partial charge in [0.1, 0.15) is 0 Å². The zero-order chi connectivity index (χ0) is 21.0. The molecule has 0 aliphatic heterocycles. The van der Waals surface area contributed by atoms with E-state index in [0.717, 1.165) is 11.3 Å². The first-order valence-corrected chi connectivity index (χ1v) is 9.17. The Morgan fingerprint density at radius 3 is 2.52 bits per heavy atom. The van der Waals surface area contributed by atoms with Gasteiger partial charge in [-0.1, -0.05) is 30.3 Å². The number of aryl methyl sites for hydroxylation is 2. The van der Waals surface area contributed by atoms with Crippen LogP contribution in [0, 0.1) is 6.92 Å². The average molecular weight is 393 g/mol. The van der Waals surface area contributed by atoms with E-state index in [9.17, 15) is 14.4 Å². The van der Waals surface area contributed by atoms with Crippen LogP contribution >= 0.6 is 0 Å². The monoisotopic (exact) mass is 393 g/mol. The van der Waals surface area contributed by atoms with E-state index in [2.05, 4.69) is 10.2 Å². The predicted octanol–water partition coefficient (Wildman–Crippen LogP) is 2.19. The number of hydrogen-bond donors (Lipinski definition) is 1. The van der Waals surface area contributed by atoms with Crippen LogP contribution in [0.1, 0.15) is 32.7 Å². The van der Waals surface area contributed by atoms with Gasteiger partial charge in [-0.2, -0.15) is 0 Å². The summed E-state index contributed by atoms with van der Waals surface area (Å²) in [6, 6.07) is 12.6. The van der Waals surface area contributed by atoms with E-state index in [1.807, 2.05) is 29.8 Å².